The van der Waals surface area contributed by atoms with Gasteiger partial charge in [-0.15, -0.1) is 4.47 Å². The van der Waals surface area contributed by atoms with Gasteiger partial charge in [0.05, 0.1) is 6.61 Å². The molecule has 0 bridgehead atoms. The molecule has 0 unspecified atom stereocenters. The zero-order valence-corrected chi connectivity index (χ0v) is 5.73. The first-order valence-corrected chi connectivity index (χ1v) is 3.39. The lowest BCUT2D eigenvalue weighted by Gasteiger charge is -2.08. The van der Waals surface area contributed by atoms with E-state index in [0.717, 1.165) is 13.2 Å². The van der Waals surface area contributed by atoms with E-state index < -0.39 is 0 Å². The van der Waals surface area contributed by atoms with Crippen LogP contribution in [0.3, 0.4) is 0 Å². The van der Waals surface area contributed by atoms with Crippen molar-refractivity contribution in [2.75, 3.05) is 13.2 Å². The molecule has 8 heavy (non-hydrogen) atoms. The molecule has 0 aromatic carbocycles. The Morgan fingerprint density at radius 2 is 2.12 bits per heavy atom. The van der Waals surface area contributed by atoms with Gasteiger partial charge in [0.25, 0.3) is 0 Å². The minimum Gasteiger partial charge on any atom is -0.289 e. The Kier molecular flexibility index (Phi) is 2.66. The molecule has 0 amide bonds. The fourth-order valence-corrected chi connectivity index (χ4v) is 0.983. The van der Waals surface area contributed by atoms with Crippen molar-refractivity contribution in [3.05, 3.63) is 0 Å². The molecule has 0 spiro atoms. The quantitative estimate of drug-likeness (QED) is 0.499. The van der Waals surface area contributed by atoms with E-state index in [2.05, 4.69) is 12.8 Å². The average Bonchev–Trinajstić information content (AvgIpc) is 1.94. The summed E-state index contributed by atoms with van der Waals surface area (Å²) in [7, 11) is 0. The highest BCUT2D eigenvalue weighted by molar-refractivity contribution is 7.77. The summed E-state index contributed by atoms with van der Waals surface area (Å²) in [5.74, 6) is 0. The van der Waals surface area contributed by atoms with Crippen LogP contribution in [-0.2, 0) is 4.84 Å². The van der Waals surface area contributed by atoms with E-state index in [9.17, 15) is 0 Å². The zero-order chi connectivity index (χ0) is 5.82. The van der Waals surface area contributed by atoms with Crippen LogP contribution in [0.25, 0.3) is 0 Å². The molecule has 0 atom stereocenters. The Balaban J connectivity index is 2.17. The van der Waals surface area contributed by atoms with Gasteiger partial charge in [-0.3, -0.25) is 4.84 Å². The summed E-state index contributed by atoms with van der Waals surface area (Å²) >= 11 is 4.04. The molecule has 0 saturated carbocycles. The summed E-state index contributed by atoms with van der Waals surface area (Å²) in [4.78, 5) is 5.10. The molecule has 1 aliphatic heterocycles. The maximum absolute atomic E-state index is 5.10. The maximum Gasteiger partial charge on any atom is 0.0696 e. The van der Waals surface area contributed by atoms with Gasteiger partial charge >= 0.3 is 0 Å². The van der Waals surface area contributed by atoms with Crippen LogP contribution in [-0.4, -0.2) is 17.6 Å². The van der Waals surface area contributed by atoms with Crippen LogP contribution >= 0.6 is 12.8 Å². The van der Waals surface area contributed by atoms with Crippen LogP contribution < -0.4 is 0 Å². The normalized spacial score (nSPS) is 25.1. The topological polar surface area (TPSA) is 12.5 Å². The van der Waals surface area contributed by atoms with Crippen molar-refractivity contribution in [2.45, 2.75) is 19.3 Å². The summed E-state index contributed by atoms with van der Waals surface area (Å²) in [6.45, 7) is 1.80. The fourth-order valence-electron chi connectivity index (χ4n) is 0.760. The summed E-state index contributed by atoms with van der Waals surface area (Å²) in [6.07, 6.45) is 3.66. The molecule has 1 fully saturated rings. The van der Waals surface area contributed by atoms with E-state index in [0.29, 0.717) is 0 Å². The molecule has 1 heterocycles. The molecule has 48 valence electrons. The summed E-state index contributed by atoms with van der Waals surface area (Å²) < 4.78 is 1.62. The summed E-state index contributed by atoms with van der Waals surface area (Å²) in [5, 5.41) is 0. The molecule has 2 nitrogen and oxygen atoms in total. The van der Waals surface area contributed by atoms with E-state index in [1.165, 1.54) is 19.3 Å². The second-order valence-corrected chi connectivity index (χ2v) is 2.42. The highest BCUT2D eigenvalue weighted by atomic mass is 32.1. The monoisotopic (exact) mass is 133 g/mol. The molecule has 0 aliphatic carbocycles. The predicted octanol–water partition coefficient (Wildman–Crippen LogP) is 1.25. The zero-order valence-electron chi connectivity index (χ0n) is 4.84. The number of rotatable bonds is 0. The number of thiol groups is 1. The van der Waals surface area contributed by atoms with Crippen molar-refractivity contribution in [1.29, 1.82) is 0 Å². The smallest absolute Gasteiger partial charge is 0.0696 e. The van der Waals surface area contributed by atoms with Gasteiger partial charge in [0.2, 0.25) is 0 Å². The second kappa shape index (κ2) is 3.33. The Hall–Kier alpha value is 0.270. The van der Waals surface area contributed by atoms with Crippen LogP contribution in [0.15, 0.2) is 0 Å². The second-order valence-electron chi connectivity index (χ2n) is 1.97. The number of hydroxylamine groups is 1. The molecule has 1 aliphatic rings. The van der Waals surface area contributed by atoms with Crippen molar-refractivity contribution in [3.8, 4) is 0 Å². The van der Waals surface area contributed by atoms with Gasteiger partial charge in [0.15, 0.2) is 0 Å². The largest absolute Gasteiger partial charge is 0.289 e. The highest BCUT2D eigenvalue weighted by Crippen LogP contribution is 2.07. The molecule has 0 radical (unpaired) electrons. The Morgan fingerprint density at radius 1 is 1.25 bits per heavy atom. The average molecular weight is 133 g/mol. The molecule has 0 N–H and O–H groups in total. The lowest BCUT2D eigenvalue weighted by atomic mass is 10.2. The third kappa shape index (κ3) is 2.03. The lowest BCUT2D eigenvalue weighted by Crippen LogP contribution is -2.11. The molecule has 0 aromatic rings. The number of nitrogens with zero attached hydrogens (tertiary/aromatic N) is 1. The predicted molar refractivity (Wildman–Crippen MR) is 35.5 cm³/mol. The van der Waals surface area contributed by atoms with Crippen molar-refractivity contribution in [3.63, 3.8) is 0 Å². The summed E-state index contributed by atoms with van der Waals surface area (Å²) in [5.41, 5.74) is 0. The van der Waals surface area contributed by atoms with Gasteiger partial charge in [0.1, 0.15) is 0 Å². The molecule has 1 rings (SSSR count). The Morgan fingerprint density at radius 3 is 3.00 bits per heavy atom. The first-order valence-electron chi connectivity index (χ1n) is 2.99. The minimum atomic E-state index is 0.837. The van der Waals surface area contributed by atoms with Crippen LogP contribution in [0.5, 0.6) is 0 Å². The first-order chi connectivity index (χ1) is 3.89. The van der Waals surface area contributed by atoms with Gasteiger partial charge in [-0.05, 0) is 19.3 Å². The molecular formula is C5H11NOS. The van der Waals surface area contributed by atoms with Crippen molar-refractivity contribution >= 4 is 12.8 Å². The Labute approximate surface area is 55.3 Å². The minimum absolute atomic E-state index is 0.837. The van der Waals surface area contributed by atoms with Crippen LogP contribution in [0.2, 0.25) is 0 Å². The lowest BCUT2D eigenvalue weighted by molar-refractivity contribution is -0.0628. The highest BCUT2D eigenvalue weighted by Gasteiger charge is 2.03. The number of hydrogen-bond acceptors (Lipinski definition) is 3. The van der Waals surface area contributed by atoms with Crippen molar-refractivity contribution in [2.24, 2.45) is 0 Å². The number of hydrogen-bond donors (Lipinski definition) is 1. The van der Waals surface area contributed by atoms with Crippen LogP contribution in [0, 0.1) is 0 Å². The molecule has 0 aromatic heterocycles. The van der Waals surface area contributed by atoms with E-state index >= 15 is 0 Å². The Bertz CT molecular complexity index is 61.4. The fraction of sp³-hybridized carbons (Fsp3) is 1.00. The van der Waals surface area contributed by atoms with E-state index in [4.69, 9.17) is 4.84 Å². The SMILES string of the molecule is SN1CCCCCO1. The van der Waals surface area contributed by atoms with Crippen molar-refractivity contribution < 1.29 is 4.84 Å². The van der Waals surface area contributed by atoms with Crippen LogP contribution in [0.4, 0.5) is 0 Å². The van der Waals surface area contributed by atoms with Gasteiger partial charge < -0.3 is 0 Å². The van der Waals surface area contributed by atoms with Gasteiger partial charge in [-0.25, -0.2) is 0 Å². The third-order valence-corrected chi connectivity index (χ3v) is 1.55. The molecular weight excluding hydrogens is 122 g/mol. The van der Waals surface area contributed by atoms with E-state index in [1.807, 2.05) is 0 Å². The third-order valence-electron chi connectivity index (χ3n) is 1.23. The van der Waals surface area contributed by atoms with Gasteiger partial charge in [-0.1, -0.05) is 12.8 Å². The summed E-state index contributed by atoms with van der Waals surface area (Å²) in [6, 6.07) is 0. The maximum atomic E-state index is 5.10. The molecule has 1 saturated heterocycles. The van der Waals surface area contributed by atoms with Crippen LogP contribution in [0.1, 0.15) is 19.3 Å². The van der Waals surface area contributed by atoms with E-state index in [-0.39, 0.29) is 0 Å². The molecule has 3 heteroatoms. The van der Waals surface area contributed by atoms with Crippen molar-refractivity contribution in [1.82, 2.24) is 4.47 Å². The standard InChI is InChI=1S/C5H11NOS/c8-6-4-2-1-3-5-7-6/h8H,1-5H2. The van der Waals surface area contributed by atoms with E-state index in [1.54, 1.807) is 4.47 Å². The van der Waals surface area contributed by atoms with Gasteiger partial charge in [0, 0.05) is 6.54 Å². The van der Waals surface area contributed by atoms with Gasteiger partial charge in [-0.2, -0.15) is 0 Å². The first kappa shape index (κ1) is 6.39.